The summed E-state index contributed by atoms with van der Waals surface area (Å²) >= 11 is 0. The van der Waals surface area contributed by atoms with Gasteiger partial charge < -0.3 is 5.11 Å². The van der Waals surface area contributed by atoms with Crippen LogP contribution in [0.25, 0.3) is 0 Å². The highest BCUT2D eigenvalue weighted by molar-refractivity contribution is 5.46. The molecule has 0 heterocycles. The van der Waals surface area contributed by atoms with Crippen molar-refractivity contribution in [2.45, 2.75) is 99.0 Å². The van der Waals surface area contributed by atoms with Crippen LogP contribution in [0.15, 0.2) is 35.5 Å². The van der Waals surface area contributed by atoms with Gasteiger partial charge in [0.2, 0.25) is 0 Å². The van der Waals surface area contributed by atoms with Crippen molar-refractivity contribution >= 4 is 0 Å². The predicted octanol–water partition coefficient (Wildman–Crippen LogP) is 7.72. The van der Waals surface area contributed by atoms with Crippen LogP contribution < -0.4 is 0 Å². The first-order valence-electron chi connectivity index (χ1n) is 12.9. The molecule has 1 nitrogen and oxygen atoms in total. The van der Waals surface area contributed by atoms with E-state index < -0.39 is 0 Å². The van der Waals surface area contributed by atoms with Crippen molar-refractivity contribution in [3.63, 3.8) is 0 Å². The molecule has 2 fully saturated rings. The highest BCUT2D eigenvalue weighted by Crippen LogP contribution is 2.65. The summed E-state index contributed by atoms with van der Waals surface area (Å²) in [6, 6.07) is 0. The fourth-order valence-corrected chi connectivity index (χ4v) is 8.14. The summed E-state index contributed by atoms with van der Waals surface area (Å²) in [6.45, 7) is 18.8. The quantitative estimate of drug-likeness (QED) is 0.460. The predicted molar refractivity (Wildman–Crippen MR) is 128 cm³/mol. The van der Waals surface area contributed by atoms with Crippen LogP contribution in [-0.2, 0) is 0 Å². The Balaban J connectivity index is 1.53. The summed E-state index contributed by atoms with van der Waals surface area (Å²) in [5, 5.41) is 10.5. The normalized spacial score (nSPS) is 43.9. The third-order valence-electron chi connectivity index (χ3n) is 10.5. The Morgan fingerprint density at radius 2 is 1.87 bits per heavy atom. The van der Waals surface area contributed by atoms with E-state index in [0.717, 1.165) is 18.3 Å². The molecule has 168 valence electrons. The average Bonchev–Trinajstić information content (AvgIpc) is 3.06. The Bertz CT molecular complexity index is 741. The van der Waals surface area contributed by atoms with Crippen LogP contribution in [0.1, 0.15) is 92.9 Å². The van der Waals surface area contributed by atoms with Crippen LogP contribution in [0.4, 0.5) is 0 Å². The van der Waals surface area contributed by atoms with Gasteiger partial charge in [0.25, 0.3) is 0 Å². The van der Waals surface area contributed by atoms with Gasteiger partial charge in [-0.2, -0.15) is 0 Å². The lowest BCUT2D eigenvalue weighted by molar-refractivity contribution is -0.0669. The van der Waals surface area contributed by atoms with Gasteiger partial charge in [0, 0.05) is 0 Å². The lowest BCUT2D eigenvalue weighted by Gasteiger charge is -2.58. The smallest absolute Gasteiger partial charge is 0.0568 e. The van der Waals surface area contributed by atoms with Crippen LogP contribution in [-0.4, -0.2) is 11.2 Å². The van der Waals surface area contributed by atoms with Crippen molar-refractivity contribution in [1.29, 1.82) is 0 Å². The van der Waals surface area contributed by atoms with Gasteiger partial charge in [-0.3, -0.25) is 0 Å². The number of aliphatic hydroxyl groups excluding tert-OH is 1. The third kappa shape index (κ3) is 3.39. The fourth-order valence-electron chi connectivity index (χ4n) is 8.14. The Morgan fingerprint density at radius 1 is 1.13 bits per heavy atom. The van der Waals surface area contributed by atoms with E-state index in [-0.39, 0.29) is 6.10 Å². The molecule has 2 saturated carbocycles. The van der Waals surface area contributed by atoms with Gasteiger partial charge in [0.15, 0.2) is 0 Å². The Morgan fingerprint density at radius 3 is 2.57 bits per heavy atom. The maximum Gasteiger partial charge on any atom is 0.0568 e. The van der Waals surface area contributed by atoms with E-state index in [9.17, 15) is 5.11 Å². The van der Waals surface area contributed by atoms with Crippen molar-refractivity contribution in [2.24, 2.45) is 46.3 Å². The SMILES string of the molecule is C=C(CCC(C)C1CC=C2C3=CCC4C(C)C(O)CCC4(C)C3CCC21C)C(C)C. The van der Waals surface area contributed by atoms with Crippen molar-refractivity contribution in [3.05, 3.63) is 35.5 Å². The zero-order valence-corrected chi connectivity index (χ0v) is 20.5. The monoisotopic (exact) mass is 410 g/mol. The van der Waals surface area contributed by atoms with Gasteiger partial charge in [-0.15, -0.1) is 0 Å². The van der Waals surface area contributed by atoms with Gasteiger partial charge in [0.1, 0.15) is 0 Å². The first-order chi connectivity index (χ1) is 14.1. The zero-order valence-electron chi connectivity index (χ0n) is 20.5. The molecule has 0 bridgehead atoms. The van der Waals surface area contributed by atoms with Gasteiger partial charge >= 0.3 is 0 Å². The van der Waals surface area contributed by atoms with Gasteiger partial charge in [-0.1, -0.05) is 65.8 Å². The second kappa shape index (κ2) is 7.95. The minimum absolute atomic E-state index is 0.0941. The molecule has 0 spiro atoms. The summed E-state index contributed by atoms with van der Waals surface area (Å²) in [6.07, 6.45) is 15.0. The number of fused-ring (bicyclic) bond motifs is 5. The second-order valence-electron chi connectivity index (χ2n) is 12.3. The van der Waals surface area contributed by atoms with E-state index in [1.807, 2.05) is 0 Å². The third-order valence-corrected chi connectivity index (χ3v) is 10.5. The molecule has 4 rings (SSSR count). The largest absolute Gasteiger partial charge is 0.393 e. The molecule has 0 aromatic carbocycles. The number of hydrogen-bond donors (Lipinski definition) is 1. The number of allylic oxidation sites excluding steroid dienone is 5. The molecule has 0 aliphatic heterocycles. The van der Waals surface area contributed by atoms with E-state index in [4.69, 9.17) is 0 Å². The van der Waals surface area contributed by atoms with Crippen molar-refractivity contribution in [1.82, 2.24) is 0 Å². The number of aliphatic hydroxyl groups is 1. The molecule has 4 aliphatic carbocycles. The number of hydrogen-bond acceptors (Lipinski definition) is 1. The summed E-state index contributed by atoms with van der Waals surface area (Å²) < 4.78 is 0. The van der Waals surface area contributed by atoms with E-state index in [1.165, 1.54) is 50.5 Å². The molecule has 4 aliphatic rings. The van der Waals surface area contributed by atoms with Gasteiger partial charge in [-0.05, 0) is 109 Å². The molecular weight excluding hydrogens is 364 g/mol. The molecule has 0 aromatic heterocycles. The Hall–Kier alpha value is -0.820. The summed E-state index contributed by atoms with van der Waals surface area (Å²) in [5.41, 5.74) is 5.60. The minimum atomic E-state index is -0.0941. The fraction of sp³-hybridized carbons (Fsp3) is 0.793. The molecule has 8 unspecified atom stereocenters. The maximum atomic E-state index is 10.5. The molecular formula is C29H46O. The molecule has 0 radical (unpaired) electrons. The van der Waals surface area contributed by atoms with Gasteiger partial charge in [-0.25, -0.2) is 0 Å². The lowest BCUT2D eigenvalue weighted by Crippen LogP contribution is -2.51. The first kappa shape index (κ1) is 22.4. The van der Waals surface area contributed by atoms with E-state index in [2.05, 4.69) is 60.3 Å². The van der Waals surface area contributed by atoms with Crippen LogP contribution in [0.2, 0.25) is 0 Å². The molecule has 0 aromatic rings. The highest BCUT2D eigenvalue weighted by atomic mass is 16.3. The molecule has 30 heavy (non-hydrogen) atoms. The van der Waals surface area contributed by atoms with E-state index in [1.54, 1.807) is 11.1 Å². The highest BCUT2D eigenvalue weighted by Gasteiger charge is 2.56. The van der Waals surface area contributed by atoms with Crippen molar-refractivity contribution in [2.75, 3.05) is 0 Å². The molecule has 8 atom stereocenters. The minimum Gasteiger partial charge on any atom is -0.393 e. The summed E-state index contributed by atoms with van der Waals surface area (Å²) in [7, 11) is 0. The average molecular weight is 411 g/mol. The van der Waals surface area contributed by atoms with Gasteiger partial charge in [0.05, 0.1) is 6.10 Å². The second-order valence-corrected chi connectivity index (χ2v) is 12.3. The maximum absolute atomic E-state index is 10.5. The lowest BCUT2D eigenvalue weighted by atomic mass is 9.47. The molecule has 1 heteroatoms. The zero-order chi connectivity index (χ0) is 21.8. The van der Waals surface area contributed by atoms with Crippen LogP contribution in [0.5, 0.6) is 0 Å². The summed E-state index contributed by atoms with van der Waals surface area (Å²) in [5.74, 6) is 3.95. The first-order valence-corrected chi connectivity index (χ1v) is 12.9. The van der Waals surface area contributed by atoms with Crippen LogP contribution >= 0.6 is 0 Å². The van der Waals surface area contributed by atoms with E-state index >= 15 is 0 Å². The topological polar surface area (TPSA) is 20.2 Å². The Kier molecular flexibility index (Phi) is 5.93. The van der Waals surface area contributed by atoms with Crippen LogP contribution in [0, 0.1) is 46.3 Å². The molecule has 1 N–H and O–H groups in total. The van der Waals surface area contributed by atoms with Crippen molar-refractivity contribution < 1.29 is 5.11 Å². The van der Waals surface area contributed by atoms with Crippen LogP contribution in [0.3, 0.4) is 0 Å². The van der Waals surface area contributed by atoms with Crippen molar-refractivity contribution in [3.8, 4) is 0 Å². The number of rotatable bonds is 5. The molecule has 0 amide bonds. The molecule has 0 saturated heterocycles. The Labute approximate surface area is 186 Å². The van der Waals surface area contributed by atoms with E-state index in [0.29, 0.717) is 34.5 Å². The standard InChI is InChI=1S/C29H46O/c1-18(2)19(3)8-9-20(4)23-12-13-25-22-10-11-24-21(5)27(30)15-17-29(24,7)26(22)14-16-28(23,25)6/h10,13,18,20-21,23-24,26-27,30H,3,8-9,11-12,14-17H2,1-2,4-7H3. The summed E-state index contributed by atoms with van der Waals surface area (Å²) in [4.78, 5) is 0.